The molecule has 0 amide bonds. The smallest absolute Gasteiger partial charge is 0.191 e. The Balaban J connectivity index is 0.00000392. The number of methoxy groups -OCH3 is 1. The van der Waals surface area contributed by atoms with Gasteiger partial charge in [-0.1, -0.05) is 12.1 Å². The highest BCUT2D eigenvalue weighted by Gasteiger charge is 2.41. The zero-order valence-corrected chi connectivity index (χ0v) is 20.0. The molecule has 28 heavy (non-hydrogen) atoms. The Kier molecular flexibility index (Phi) is 11.8. The third-order valence-corrected chi connectivity index (χ3v) is 5.01. The largest absolute Gasteiger partial charge is 0.491 e. The van der Waals surface area contributed by atoms with Crippen LogP contribution in [-0.4, -0.2) is 53.1 Å². The first-order chi connectivity index (χ1) is 13.1. The fourth-order valence-corrected chi connectivity index (χ4v) is 2.98. The minimum absolute atomic E-state index is 0. The number of hydrogen-bond acceptors (Lipinski definition) is 4. The van der Waals surface area contributed by atoms with Crippen LogP contribution in [0.5, 0.6) is 5.75 Å². The summed E-state index contributed by atoms with van der Waals surface area (Å²) in [5.74, 6) is 1.72. The van der Waals surface area contributed by atoms with Gasteiger partial charge < -0.3 is 24.8 Å². The van der Waals surface area contributed by atoms with Crippen molar-refractivity contribution >= 4 is 29.9 Å². The minimum atomic E-state index is 0. The Morgan fingerprint density at radius 2 is 1.96 bits per heavy atom. The molecule has 0 bridgehead atoms. The van der Waals surface area contributed by atoms with Gasteiger partial charge in [-0.05, 0) is 50.2 Å². The van der Waals surface area contributed by atoms with Crippen molar-refractivity contribution in [3.63, 3.8) is 0 Å². The van der Waals surface area contributed by atoms with Gasteiger partial charge in [0.1, 0.15) is 12.4 Å². The molecule has 160 valence electrons. The quantitative estimate of drug-likeness (QED) is 0.197. The summed E-state index contributed by atoms with van der Waals surface area (Å²) in [7, 11) is 3.57. The van der Waals surface area contributed by atoms with Gasteiger partial charge in [0.05, 0.1) is 6.61 Å². The summed E-state index contributed by atoms with van der Waals surface area (Å²) in [6.07, 6.45) is 3.62. The minimum Gasteiger partial charge on any atom is -0.491 e. The van der Waals surface area contributed by atoms with Crippen molar-refractivity contribution in [3.05, 3.63) is 29.3 Å². The second kappa shape index (κ2) is 13.2. The molecule has 0 radical (unpaired) electrons. The second-order valence-corrected chi connectivity index (χ2v) is 7.18. The van der Waals surface area contributed by atoms with E-state index in [0.29, 0.717) is 31.8 Å². The number of benzene rings is 1. The van der Waals surface area contributed by atoms with Crippen LogP contribution in [0.15, 0.2) is 23.2 Å². The van der Waals surface area contributed by atoms with Crippen LogP contribution in [0.2, 0.25) is 0 Å². The summed E-state index contributed by atoms with van der Waals surface area (Å²) in [6.45, 7) is 8.34. The van der Waals surface area contributed by atoms with Gasteiger partial charge in [-0.3, -0.25) is 4.99 Å². The summed E-state index contributed by atoms with van der Waals surface area (Å²) >= 11 is 0. The van der Waals surface area contributed by atoms with Gasteiger partial charge in [-0.25, -0.2) is 0 Å². The van der Waals surface area contributed by atoms with E-state index in [-0.39, 0.29) is 24.0 Å². The third-order valence-electron chi connectivity index (χ3n) is 5.01. The number of nitrogens with zero attached hydrogens (tertiary/aromatic N) is 1. The van der Waals surface area contributed by atoms with Gasteiger partial charge in [0, 0.05) is 46.0 Å². The standard InChI is InChI=1S/C21H35N3O3.HI/c1-5-26-12-13-27-19-14-17(2)6-7-18(19)15-23-20(22-3)24-16-21(8-9-21)10-11-25-4;/h6-7,14H,5,8-13,15-16H2,1-4H3,(H2,22,23,24);1H. The molecule has 1 aliphatic rings. The van der Waals surface area contributed by atoms with Crippen LogP contribution in [0.4, 0.5) is 0 Å². The van der Waals surface area contributed by atoms with Crippen LogP contribution >= 0.6 is 24.0 Å². The highest BCUT2D eigenvalue weighted by molar-refractivity contribution is 14.0. The van der Waals surface area contributed by atoms with Crippen LogP contribution in [0.25, 0.3) is 0 Å². The highest BCUT2D eigenvalue weighted by Crippen LogP contribution is 2.48. The number of rotatable bonds is 12. The summed E-state index contributed by atoms with van der Waals surface area (Å²) < 4.78 is 16.5. The molecular formula is C21H36IN3O3. The first-order valence-electron chi connectivity index (χ1n) is 9.86. The molecule has 1 saturated carbocycles. The third kappa shape index (κ3) is 8.53. The fraction of sp³-hybridized carbons (Fsp3) is 0.667. The molecule has 2 rings (SSSR count). The van der Waals surface area contributed by atoms with Gasteiger partial charge in [0.15, 0.2) is 5.96 Å². The van der Waals surface area contributed by atoms with Gasteiger partial charge >= 0.3 is 0 Å². The number of halogens is 1. The van der Waals surface area contributed by atoms with Crippen molar-refractivity contribution in [2.45, 2.75) is 39.7 Å². The molecule has 1 aromatic rings. The Morgan fingerprint density at radius 1 is 1.18 bits per heavy atom. The van der Waals surface area contributed by atoms with E-state index in [2.05, 4.69) is 40.7 Å². The van der Waals surface area contributed by atoms with Crippen molar-refractivity contribution in [1.29, 1.82) is 0 Å². The first-order valence-corrected chi connectivity index (χ1v) is 9.86. The van der Waals surface area contributed by atoms with E-state index >= 15 is 0 Å². The maximum Gasteiger partial charge on any atom is 0.191 e. The molecule has 1 aliphatic carbocycles. The molecule has 1 fully saturated rings. The van der Waals surface area contributed by atoms with E-state index in [1.165, 1.54) is 18.4 Å². The van der Waals surface area contributed by atoms with Crippen molar-refractivity contribution in [3.8, 4) is 5.75 Å². The van der Waals surface area contributed by atoms with E-state index in [1.807, 2.05) is 6.92 Å². The fourth-order valence-electron chi connectivity index (χ4n) is 2.98. The normalized spacial score (nSPS) is 14.9. The van der Waals surface area contributed by atoms with E-state index in [1.54, 1.807) is 14.2 Å². The first kappa shape index (κ1) is 25.0. The Bertz CT molecular complexity index is 607. The van der Waals surface area contributed by atoms with Crippen molar-refractivity contribution in [2.75, 3.05) is 47.1 Å². The van der Waals surface area contributed by atoms with Gasteiger partial charge in [-0.15, -0.1) is 24.0 Å². The molecule has 0 spiro atoms. The maximum absolute atomic E-state index is 5.92. The molecule has 0 aromatic heterocycles. The lowest BCUT2D eigenvalue weighted by molar-refractivity contribution is 0.110. The van der Waals surface area contributed by atoms with Crippen LogP contribution in [0, 0.1) is 12.3 Å². The average molecular weight is 505 g/mol. The summed E-state index contributed by atoms with van der Waals surface area (Å²) in [5.41, 5.74) is 2.67. The van der Waals surface area contributed by atoms with E-state index < -0.39 is 0 Å². The lowest BCUT2D eigenvalue weighted by Gasteiger charge is -2.19. The van der Waals surface area contributed by atoms with E-state index in [0.717, 1.165) is 36.8 Å². The lowest BCUT2D eigenvalue weighted by atomic mass is 10.0. The zero-order valence-electron chi connectivity index (χ0n) is 17.7. The molecule has 0 saturated heterocycles. The topological polar surface area (TPSA) is 64.1 Å². The van der Waals surface area contributed by atoms with Crippen LogP contribution in [-0.2, 0) is 16.0 Å². The lowest BCUT2D eigenvalue weighted by Crippen LogP contribution is -2.40. The Hall–Kier alpha value is -1.06. The van der Waals surface area contributed by atoms with Gasteiger partial charge in [0.25, 0.3) is 0 Å². The van der Waals surface area contributed by atoms with Crippen LogP contribution in [0.1, 0.15) is 37.3 Å². The van der Waals surface area contributed by atoms with Crippen molar-refractivity contribution in [2.24, 2.45) is 10.4 Å². The second-order valence-electron chi connectivity index (χ2n) is 7.18. The zero-order chi connectivity index (χ0) is 19.5. The van der Waals surface area contributed by atoms with E-state index in [9.17, 15) is 0 Å². The summed E-state index contributed by atoms with van der Waals surface area (Å²) in [4.78, 5) is 4.35. The van der Waals surface area contributed by atoms with Crippen LogP contribution in [0.3, 0.4) is 0 Å². The number of aliphatic imine (C=N–C) groups is 1. The van der Waals surface area contributed by atoms with Crippen molar-refractivity contribution in [1.82, 2.24) is 10.6 Å². The molecule has 2 N–H and O–H groups in total. The predicted octanol–water partition coefficient (Wildman–Crippen LogP) is 3.51. The average Bonchev–Trinajstić information content (AvgIpc) is 3.45. The molecule has 0 atom stereocenters. The van der Waals surface area contributed by atoms with Crippen LogP contribution < -0.4 is 15.4 Å². The number of guanidine groups is 1. The number of nitrogens with one attached hydrogen (secondary N) is 2. The number of aryl methyl sites for hydroxylation is 1. The maximum atomic E-state index is 5.92. The number of hydrogen-bond donors (Lipinski definition) is 2. The monoisotopic (exact) mass is 505 g/mol. The Morgan fingerprint density at radius 3 is 2.61 bits per heavy atom. The van der Waals surface area contributed by atoms with Gasteiger partial charge in [-0.2, -0.15) is 0 Å². The number of ether oxygens (including phenoxy) is 3. The highest BCUT2D eigenvalue weighted by atomic mass is 127. The SMILES string of the molecule is CCOCCOc1cc(C)ccc1CNC(=NC)NCC1(CCOC)CC1.I. The summed E-state index contributed by atoms with van der Waals surface area (Å²) in [6, 6.07) is 6.28. The molecule has 1 aromatic carbocycles. The van der Waals surface area contributed by atoms with E-state index in [4.69, 9.17) is 14.2 Å². The predicted molar refractivity (Wildman–Crippen MR) is 125 cm³/mol. The molecule has 0 unspecified atom stereocenters. The van der Waals surface area contributed by atoms with Gasteiger partial charge in [0.2, 0.25) is 0 Å². The molecule has 0 aliphatic heterocycles. The summed E-state index contributed by atoms with van der Waals surface area (Å²) in [5, 5.41) is 6.86. The molecule has 7 heteroatoms. The van der Waals surface area contributed by atoms with Crippen molar-refractivity contribution < 1.29 is 14.2 Å². The molecule has 6 nitrogen and oxygen atoms in total. The molecular weight excluding hydrogens is 469 g/mol. The Labute approximate surface area is 186 Å². The molecule has 0 heterocycles.